The minimum Gasteiger partial charge on any atom is -0.483 e. The van der Waals surface area contributed by atoms with Crippen LogP contribution in [0.2, 0.25) is 5.02 Å². The van der Waals surface area contributed by atoms with Crippen LogP contribution in [0, 0.1) is 0 Å². The minimum atomic E-state index is -0.949. The van der Waals surface area contributed by atoms with Gasteiger partial charge in [-0.25, -0.2) is 4.79 Å². The van der Waals surface area contributed by atoms with Gasteiger partial charge in [0.2, 0.25) is 0 Å². The number of nitrogens with two attached hydrogens (primary N) is 1. The normalized spacial score (nSPS) is 11.7. The van der Waals surface area contributed by atoms with E-state index in [0.29, 0.717) is 16.3 Å². The molecule has 0 fully saturated rings. The zero-order valence-corrected chi connectivity index (χ0v) is 10.4. The summed E-state index contributed by atoms with van der Waals surface area (Å²) in [5.74, 6) is -0.358. The lowest BCUT2D eigenvalue weighted by Gasteiger charge is -2.13. The molecule has 1 aromatic rings. The Bertz CT molecular complexity index is 462. The molecule has 0 aliphatic carbocycles. The summed E-state index contributed by atoms with van der Waals surface area (Å²) >= 11 is 5.79. The molecule has 1 aromatic carbocycles. The first-order valence-corrected chi connectivity index (χ1v) is 5.47. The molecule has 0 heterocycles. The molecule has 0 radical (unpaired) electrons. The van der Waals surface area contributed by atoms with E-state index in [2.05, 4.69) is 0 Å². The molecule has 1 atom stereocenters. The molecule has 98 valence electrons. The van der Waals surface area contributed by atoms with Crippen molar-refractivity contribution in [3.05, 3.63) is 28.8 Å². The van der Waals surface area contributed by atoms with Crippen molar-refractivity contribution in [1.29, 1.82) is 0 Å². The first-order chi connectivity index (χ1) is 8.40. The van der Waals surface area contributed by atoms with Crippen LogP contribution in [0.25, 0.3) is 0 Å². The summed E-state index contributed by atoms with van der Waals surface area (Å²) < 4.78 is 5.18. The molecule has 0 unspecified atom stereocenters. The predicted octanol–water partition coefficient (Wildman–Crippen LogP) is 0.967. The number of carbonyl (C=O) groups is 2. The monoisotopic (exact) mass is 272 g/mol. The highest BCUT2D eigenvalue weighted by atomic mass is 35.5. The zero-order chi connectivity index (χ0) is 13.7. The molecule has 4 N–H and O–H groups in total. The lowest BCUT2D eigenvalue weighted by atomic mass is 10.1. The van der Waals surface area contributed by atoms with Gasteiger partial charge >= 0.3 is 6.03 Å². The number of rotatable bonds is 4. The quantitative estimate of drug-likeness (QED) is 0.760. The van der Waals surface area contributed by atoms with Crippen molar-refractivity contribution in [2.75, 3.05) is 6.61 Å². The summed E-state index contributed by atoms with van der Waals surface area (Å²) in [4.78, 5) is 21.6. The zero-order valence-electron chi connectivity index (χ0n) is 9.64. The smallest absolute Gasteiger partial charge is 0.318 e. The molecule has 0 aromatic heterocycles. The van der Waals surface area contributed by atoms with Gasteiger partial charge in [-0.15, -0.1) is 0 Å². The maximum absolute atomic E-state index is 11.1. The first-order valence-electron chi connectivity index (χ1n) is 5.09. The van der Waals surface area contributed by atoms with Gasteiger partial charge in [-0.1, -0.05) is 11.6 Å². The Morgan fingerprint density at radius 1 is 1.56 bits per heavy atom. The number of hydrogen-bond donors (Lipinski definition) is 3. The third kappa shape index (κ3) is 4.23. The second-order valence-corrected chi connectivity index (χ2v) is 4.00. The topological polar surface area (TPSA) is 102 Å². The van der Waals surface area contributed by atoms with Crippen molar-refractivity contribution < 1.29 is 19.4 Å². The number of primary amides is 1. The van der Waals surface area contributed by atoms with Crippen LogP contribution in [0.3, 0.4) is 0 Å². The fourth-order valence-corrected chi connectivity index (χ4v) is 1.47. The number of carbonyl (C=O) groups excluding carboxylic acids is 2. The van der Waals surface area contributed by atoms with Crippen LogP contribution in [0.4, 0.5) is 4.79 Å². The van der Waals surface area contributed by atoms with Crippen molar-refractivity contribution in [3.8, 4) is 5.75 Å². The van der Waals surface area contributed by atoms with E-state index in [4.69, 9.17) is 22.1 Å². The van der Waals surface area contributed by atoms with Gasteiger partial charge in [-0.2, -0.15) is 0 Å². The predicted molar refractivity (Wildman–Crippen MR) is 65.3 cm³/mol. The van der Waals surface area contributed by atoms with Crippen LogP contribution in [0.5, 0.6) is 5.75 Å². The maximum atomic E-state index is 11.1. The van der Waals surface area contributed by atoms with Crippen LogP contribution in [-0.2, 0) is 4.79 Å². The second kappa shape index (κ2) is 6.23. The van der Waals surface area contributed by atoms with Crippen LogP contribution in [0.1, 0.15) is 18.6 Å². The van der Waals surface area contributed by atoms with Crippen LogP contribution >= 0.6 is 11.6 Å². The molecule has 3 amide bonds. The third-order valence-corrected chi connectivity index (χ3v) is 2.28. The summed E-state index contributed by atoms with van der Waals surface area (Å²) in [6.07, 6.45) is -0.794. The van der Waals surface area contributed by atoms with E-state index >= 15 is 0 Å². The molecular weight excluding hydrogens is 260 g/mol. The fraction of sp³-hybridized carbons (Fsp3) is 0.273. The van der Waals surface area contributed by atoms with E-state index in [0.717, 1.165) is 0 Å². The van der Waals surface area contributed by atoms with E-state index in [9.17, 15) is 14.7 Å². The number of nitrogens with one attached hydrogen (secondary N) is 1. The highest BCUT2D eigenvalue weighted by molar-refractivity contribution is 6.30. The summed E-state index contributed by atoms with van der Waals surface area (Å²) in [6.45, 7) is 1.16. The molecule has 0 aliphatic heterocycles. The summed E-state index contributed by atoms with van der Waals surface area (Å²) in [5.41, 5.74) is 5.23. The molecule has 0 spiro atoms. The number of imide groups is 1. The molecule has 7 heteroatoms. The SMILES string of the molecule is C[C@@H](O)c1cc(Cl)ccc1OCC(=O)NC(N)=O. The Kier molecular flexibility index (Phi) is 4.94. The number of aliphatic hydroxyl groups is 1. The summed E-state index contributed by atoms with van der Waals surface area (Å²) in [5, 5.41) is 11.8. The minimum absolute atomic E-state index is 0.314. The van der Waals surface area contributed by atoms with E-state index in [1.807, 2.05) is 5.32 Å². The molecule has 0 aliphatic rings. The Hall–Kier alpha value is -1.79. The van der Waals surface area contributed by atoms with Crippen molar-refractivity contribution in [2.24, 2.45) is 5.73 Å². The van der Waals surface area contributed by atoms with Gasteiger partial charge in [0.1, 0.15) is 5.75 Å². The number of amides is 3. The number of urea groups is 1. The van der Waals surface area contributed by atoms with E-state index in [1.54, 1.807) is 13.0 Å². The third-order valence-electron chi connectivity index (χ3n) is 2.04. The standard InChI is InChI=1S/C11H13ClN2O4/c1-6(15)8-4-7(12)2-3-9(8)18-5-10(16)14-11(13)17/h2-4,6,15H,5H2,1H3,(H3,13,14,16,17)/t6-/m1/s1. The summed E-state index contributed by atoms with van der Waals surface area (Å²) in [6, 6.07) is 3.68. The molecule has 0 saturated heterocycles. The lowest BCUT2D eigenvalue weighted by molar-refractivity contribution is -0.121. The Morgan fingerprint density at radius 2 is 2.22 bits per heavy atom. The van der Waals surface area contributed by atoms with Crippen LogP contribution in [-0.4, -0.2) is 23.7 Å². The van der Waals surface area contributed by atoms with Gasteiger partial charge in [-0.05, 0) is 25.1 Å². The highest BCUT2D eigenvalue weighted by Crippen LogP contribution is 2.28. The largest absolute Gasteiger partial charge is 0.483 e. The number of ether oxygens (including phenoxy) is 1. The average molecular weight is 273 g/mol. The van der Waals surface area contributed by atoms with Gasteiger partial charge in [-0.3, -0.25) is 10.1 Å². The fourth-order valence-electron chi connectivity index (χ4n) is 1.29. The van der Waals surface area contributed by atoms with Gasteiger partial charge in [0.15, 0.2) is 6.61 Å². The van der Waals surface area contributed by atoms with Crippen LogP contribution in [0.15, 0.2) is 18.2 Å². The van der Waals surface area contributed by atoms with E-state index in [1.165, 1.54) is 12.1 Å². The average Bonchev–Trinajstić information content (AvgIpc) is 2.26. The van der Waals surface area contributed by atoms with Crippen molar-refractivity contribution in [1.82, 2.24) is 5.32 Å². The Labute approximate surface area is 109 Å². The molecule has 0 saturated carbocycles. The Morgan fingerprint density at radius 3 is 2.78 bits per heavy atom. The van der Waals surface area contributed by atoms with Gasteiger partial charge in [0.05, 0.1) is 6.10 Å². The van der Waals surface area contributed by atoms with E-state index < -0.39 is 18.0 Å². The van der Waals surface area contributed by atoms with Crippen molar-refractivity contribution in [2.45, 2.75) is 13.0 Å². The van der Waals surface area contributed by atoms with Crippen molar-refractivity contribution in [3.63, 3.8) is 0 Å². The number of benzene rings is 1. The first kappa shape index (κ1) is 14.3. The Balaban J connectivity index is 2.72. The van der Waals surface area contributed by atoms with Crippen molar-refractivity contribution >= 4 is 23.5 Å². The number of halogens is 1. The maximum Gasteiger partial charge on any atom is 0.318 e. The highest BCUT2D eigenvalue weighted by Gasteiger charge is 2.12. The number of hydrogen-bond acceptors (Lipinski definition) is 4. The molecular formula is C11H13ClN2O4. The summed E-state index contributed by atoms with van der Waals surface area (Å²) in [7, 11) is 0. The van der Waals surface area contributed by atoms with Gasteiger partial charge in [0.25, 0.3) is 5.91 Å². The second-order valence-electron chi connectivity index (χ2n) is 3.56. The van der Waals surface area contributed by atoms with Gasteiger partial charge in [0, 0.05) is 10.6 Å². The number of aliphatic hydroxyl groups excluding tert-OH is 1. The van der Waals surface area contributed by atoms with E-state index in [-0.39, 0.29) is 6.61 Å². The lowest BCUT2D eigenvalue weighted by Crippen LogP contribution is -2.38. The molecule has 0 bridgehead atoms. The molecule has 1 rings (SSSR count). The molecule has 6 nitrogen and oxygen atoms in total. The van der Waals surface area contributed by atoms with Gasteiger partial charge < -0.3 is 15.6 Å². The molecule has 18 heavy (non-hydrogen) atoms. The van der Waals surface area contributed by atoms with Crippen LogP contribution < -0.4 is 15.8 Å².